The van der Waals surface area contributed by atoms with E-state index in [-0.39, 0.29) is 11.4 Å². The molecule has 0 fully saturated rings. The van der Waals surface area contributed by atoms with Crippen LogP contribution in [0.3, 0.4) is 0 Å². The molecule has 0 spiro atoms. The molecule has 25 heavy (non-hydrogen) atoms. The van der Waals surface area contributed by atoms with Crippen molar-refractivity contribution in [3.8, 4) is 5.69 Å². The molecule has 1 aromatic heterocycles. The standard InChI is InChI=1S/C17H11F4N3O/c18-11-5-4-6-12(9-11)23-16(25)14-10-22-24(15(14)17(19,20)21)13-7-2-1-3-8-13/h1-10H,(H,23,25). The Labute approximate surface area is 139 Å². The Bertz CT molecular complexity index is 904. The maximum absolute atomic E-state index is 13.5. The van der Waals surface area contributed by atoms with Gasteiger partial charge in [-0.3, -0.25) is 4.79 Å². The normalized spacial score (nSPS) is 11.4. The van der Waals surface area contributed by atoms with Crippen LogP contribution in [0.15, 0.2) is 60.8 Å². The molecule has 128 valence electrons. The Morgan fingerprint density at radius 2 is 1.76 bits per heavy atom. The zero-order valence-corrected chi connectivity index (χ0v) is 12.6. The Balaban J connectivity index is 2.02. The SMILES string of the molecule is O=C(Nc1cccc(F)c1)c1cnn(-c2ccccc2)c1C(F)(F)F. The highest BCUT2D eigenvalue weighted by atomic mass is 19.4. The zero-order valence-electron chi connectivity index (χ0n) is 12.6. The molecule has 0 unspecified atom stereocenters. The lowest BCUT2D eigenvalue weighted by Crippen LogP contribution is -2.20. The van der Waals surface area contributed by atoms with Crippen LogP contribution in [0.5, 0.6) is 0 Å². The van der Waals surface area contributed by atoms with Gasteiger partial charge in [0.2, 0.25) is 0 Å². The van der Waals surface area contributed by atoms with Gasteiger partial charge >= 0.3 is 6.18 Å². The molecule has 0 bridgehead atoms. The molecule has 0 aliphatic heterocycles. The fourth-order valence-electron chi connectivity index (χ4n) is 2.32. The Morgan fingerprint density at radius 1 is 1.04 bits per heavy atom. The third kappa shape index (κ3) is 3.52. The van der Waals surface area contributed by atoms with Gasteiger partial charge in [0, 0.05) is 5.69 Å². The summed E-state index contributed by atoms with van der Waals surface area (Å²) in [6.45, 7) is 0. The fourth-order valence-corrected chi connectivity index (χ4v) is 2.32. The molecule has 8 heteroatoms. The number of para-hydroxylation sites is 1. The van der Waals surface area contributed by atoms with Gasteiger partial charge in [0.15, 0.2) is 5.69 Å². The lowest BCUT2D eigenvalue weighted by molar-refractivity contribution is -0.143. The Hall–Kier alpha value is -3.16. The van der Waals surface area contributed by atoms with Gasteiger partial charge in [0.1, 0.15) is 5.82 Å². The fraction of sp³-hybridized carbons (Fsp3) is 0.0588. The van der Waals surface area contributed by atoms with Crippen molar-refractivity contribution in [1.82, 2.24) is 9.78 Å². The van der Waals surface area contributed by atoms with E-state index in [1.165, 1.54) is 24.3 Å². The van der Waals surface area contributed by atoms with Crippen molar-refractivity contribution in [3.63, 3.8) is 0 Å². The van der Waals surface area contributed by atoms with E-state index in [0.29, 0.717) is 4.68 Å². The van der Waals surface area contributed by atoms with Crippen LogP contribution in [0.4, 0.5) is 23.2 Å². The van der Waals surface area contributed by atoms with Crippen LogP contribution in [0, 0.1) is 5.82 Å². The van der Waals surface area contributed by atoms with Gasteiger partial charge in [0.05, 0.1) is 17.4 Å². The van der Waals surface area contributed by atoms with Crippen LogP contribution >= 0.6 is 0 Å². The highest BCUT2D eigenvalue weighted by molar-refractivity contribution is 6.05. The van der Waals surface area contributed by atoms with E-state index in [0.717, 1.165) is 18.3 Å². The van der Waals surface area contributed by atoms with Crippen LogP contribution < -0.4 is 5.32 Å². The minimum atomic E-state index is -4.80. The predicted molar refractivity (Wildman–Crippen MR) is 82.9 cm³/mol. The molecule has 0 aliphatic rings. The summed E-state index contributed by atoms with van der Waals surface area (Å²) >= 11 is 0. The number of hydrogen-bond acceptors (Lipinski definition) is 2. The third-order valence-electron chi connectivity index (χ3n) is 3.37. The Morgan fingerprint density at radius 3 is 2.40 bits per heavy atom. The number of alkyl halides is 3. The number of rotatable bonds is 3. The molecule has 1 amide bonds. The second kappa shape index (κ2) is 6.39. The highest BCUT2D eigenvalue weighted by Crippen LogP contribution is 2.34. The van der Waals surface area contributed by atoms with Gasteiger partial charge in [-0.15, -0.1) is 0 Å². The third-order valence-corrected chi connectivity index (χ3v) is 3.37. The number of nitrogens with one attached hydrogen (secondary N) is 1. The van der Waals surface area contributed by atoms with Gasteiger partial charge in [0.25, 0.3) is 5.91 Å². The van der Waals surface area contributed by atoms with E-state index >= 15 is 0 Å². The van der Waals surface area contributed by atoms with Crippen LogP contribution in [-0.4, -0.2) is 15.7 Å². The number of carbonyl (C=O) groups excluding carboxylic acids is 1. The molecule has 0 saturated heterocycles. The summed E-state index contributed by atoms with van der Waals surface area (Å²) in [5.41, 5.74) is -1.64. The number of anilines is 1. The van der Waals surface area contributed by atoms with E-state index in [9.17, 15) is 22.4 Å². The van der Waals surface area contributed by atoms with E-state index in [2.05, 4.69) is 10.4 Å². The molecule has 0 radical (unpaired) electrons. The minimum Gasteiger partial charge on any atom is -0.322 e. The summed E-state index contributed by atoms with van der Waals surface area (Å²) in [5.74, 6) is -1.64. The number of benzene rings is 2. The summed E-state index contributed by atoms with van der Waals surface area (Å²) in [7, 11) is 0. The number of amides is 1. The topological polar surface area (TPSA) is 46.9 Å². The second-order valence-corrected chi connectivity index (χ2v) is 5.12. The Kier molecular flexibility index (Phi) is 4.26. The number of hydrogen-bond donors (Lipinski definition) is 1. The first kappa shape index (κ1) is 16.7. The van der Waals surface area contributed by atoms with Crippen molar-refractivity contribution < 1.29 is 22.4 Å². The first-order valence-corrected chi connectivity index (χ1v) is 7.14. The first-order valence-electron chi connectivity index (χ1n) is 7.14. The molecule has 3 rings (SSSR count). The van der Waals surface area contributed by atoms with Crippen molar-refractivity contribution in [2.24, 2.45) is 0 Å². The number of aromatic nitrogens is 2. The molecular weight excluding hydrogens is 338 g/mol. The predicted octanol–water partition coefficient (Wildman–Crippen LogP) is 4.28. The summed E-state index contributed by atoms with van der Waals surface area (Å²) in [5, 5.41) is 5.94. The van der Waals surface area contributed by atoms with Crippen LogP contribution in [0.2, 0.25) is 0 Å². The molecule has 1 N–H and O–H groups in total. The molecule has 4 nitrogen and oxygen atoms in total. The van der Waals surface area contributed by atoms with Crippen LogP contribution in [0.1, 0.15) is 16.1 Å². The van der Waals surface area contributed by atoms with Crippen LogP contribution in [-0.2, 0) is 6.18 Å². The molecule has 3 aromatic rings. The van der Waals surface area contributed by atoms with Gasteiger partial charge in [-0.2, -0.15) is 18.3 Å². The highest BCUT2D eigenvalue weighted by Gasteiger charge is 2.40. The number of halogens is 4. The summed E-state index contributed by atoms with van der Waals surface area (Å²) in [6.07, 6.45) is -3.97. The molecule has 2 aromatic carbocycles. The van der Waals surface area contributed by atoms with Crippen LogP contribution in [0.25, 0.3) is 5.69 Å². The lowest BCUT2D eigenvalue weighted by atomic mass is 10.2. The number of nitrogens with zero attached hydrogens (tertiary/aromatic N) is 2. The number of carbonyl (C=O) groups is 1. The maximum atomic E-state index is 13.5. The van der Waals surface area contributed by atoms with Gasteiger partial charge < -0.3 is 5.32 Å². The molecule has 0 atom stereocenters. The average Bonchev–Trinajstić information content (AvgIpc) is 3.01. The zero-order chi connectivity index (χ0) is 18.0. The van der Waals surface area contributed by atoms with E-state index in [1.54, 1.807) is 18.2 Å². The van der Waals surface area contributed by atoms with E-state index in [4.69, 9.17) is 0 Å². The van der Waals surface area contributed by atoms with Crippen molar-refractivity contribution in [2.75, 3.05) is 5.32 Å². The van der Waals surface area contributed by atoms with Gasteiger partial charge in [-0.25, -0.2) is 9.07 Å². The van der Waals surface area contributed by atoms with Crippen molar-refractivity contribution >= 4 is 11.6 Å². The smallest absolute Gasteiger partial charge is 0.322 e. The molecular formula is C17H11F4N3O. The largest absolute Gasteiger partial charge is 0.434 e. The first-order chi connectivity index (χ1) is 11.9. The lowest BCUT2D eigenvalue weighted by Gasteiger charge is -2.13. The molecule has 1 heterocycles. The van der Waals surface area contributed by atoms with Gasteiger partial charge in [-0.1, -0.05) is 24.3 Å². The van der Waals surface area contributed by atoms with Gasteiger partial charge in [-0.05, 0) is 30.3 Å². The summed E-state index contributed by atoms with van der Waals surface area (Å²) < 4.78 is 54.3. The molecule has 0 saturated carbocycles. The summed E-state index contributed by atoms with van der Waals surface area (Å²) in [4.78, 5) is 12.3. The van der Waals surface area contributed by atoms with E-state index in [1.807, 2.05) is 0 Å². The monoisotopic (exact) mass is 349 g/mol. The molecule has 0 aliphatic carbocycles. The van der Waals surface area contributed by atoms with Crippen molar-refractivity contribution in [3.05, 3.63) is 77.9 Å². The minimum absolute atomic E-state index is 0.0468. The quantitative estimate of drug-likeness (QED) is 0.718. The van der Waals surface area contributed by atoms with Crippen molar-refractivity contribution in [2.45, 2.75) is 6.18 Å². The van der Waals surface area contributed by atoms with Crippen molar-refractivity contribution in [1.29, 1.82) is 0 Å². The second-order valence-electron chi connectivity index (χ2n) is 5.12. The summed E-state index contributed by atoms with van der Waals surface area (Å²) in [6, 6.07) is 12.5. The average molecular weight is 349 g/mol. The van der Waals surface area contributed by atoms with E-state index < -0.39 is 29.2 Å². The maximum Gasteiger partial charge on any atom is 0.434 e.